The van der Waals surface area contributed by atoms with E-state index in [9.17, 15) is 0 Å². The Hall–Kier alpha value is -3.80. The van der Waals surface area contributed by atoms with Gasteiger partial charge in [0.2, 0.25) is 0 Å². The number of oxime groups is 2. The Labute approximate surface area is 176 Å². The van der Waals surface area contributed by atoms with Crippen LogP contribution in [0.25, 0.3) is 0 Å². The standard InChI is InChI=1S/C24H26N4O2/c1-29-27-23(25)21-12-10-19(11-13-21)14-17-6-8-18(9-7-17)15-20-4-3-5-22(16-20)24(26)28-30-2/h3-13,16H,14-15H2,1-2H3,(H2,25,27)(H2,26,28). The molecule has 0 saturated carbocycles. The molecule has 3 aromatic rings. The van der Waals surface area contributed by atoms with Crippen molar-refractivity contribution in [1.82, 2.24) is 0 Å². The molecule has 0 aromatic heterocycles. The number of hydrogen-bond acceptors (Lipinski definition) is 4. The third-order valence-corrected chi connectivity index (χ3v) is 4.69. The molecule has 6 heteroatoms. The Kier molecular flexibility index (Phi) is 7.05. The molecule has 0 aliphatic rings. The van der Waals surface area contributed by atoms with Crippen molar-refractivity contribution in [2.45, 2.75) is 12.8 Å². The highest BCUT2D eigenvalue weighted by Crippen LogP contribution is 2.15. The molecular formula is C24H26N4O2. The second kappa shape index (κ2) is 10.1. The summed E-state index contributed by atoms with van der Waals surface area (Å²) in [5, 5.41) is 7.54. The van der Waals surface area contributed by atoms with Gasteiger partial charge in [0.25, 0.3) is 0 Å². The molecule has 0 radical (unpaired) electrons. The number of rotatable bonds is 8. The number of benzene rings is 3. The molecule has 0 aliphatic heterocycles. The van der Waals surface area contributed by atoms with Crippen molar-refractivity contribution in [1.29, 1.82) is 0 Å². The lowest BCUT2D eigenvalue weighted by molar-refractivity contribution is 0.213. The fourth-order valence-electron chi connectivity index (χ4n) is 3.18. The van der Waals surface area contributed by atoms with Crippen molar-refractivity contribution < 1.29 is 9.68 Å². The quantitative estimate of drug-likeness (QED) is 0.343. The van der Waals surface area contributed by atoms with Gasteiger partial charge in [0.05, 0.1) is 0 Å². The van der Waals surface area contributed by atoms with E-state index < -0.39 is 0 Å². The lowest BCUT2D eigenvalue weighted by Gasteiger charge is -2.07. The summed E-state index contributed by atoms with van der Waals surface area (Å²) in [4.78, 5) is 9.46. The summed E-state index contributed by atoms with van der Waals surface area (Å²) in [5.41, 5.74) is 18.3. The summed E-state index contributed by atoms with van der Waals surface area (Å²) in [5.74, 6) is 0.740. The van der Waals surface area contributed by atoms with Gasteiger partial charge >= 0.3 is 0 Å². The Morgan fingerprint density at radius 2 is 1.10 bits per heavy atom. The molecule has 3 rings (SSSR count). The van der Waals surface area contributed by atoms with Gasteiger partial charge in [-0.25, -0.2) is 0 Å². The van der Waals surface area contributed by atoms with E-state index >= 15 is 0 Å². The van der Waals surface area contributed by atoms with Gasteiger partial charge in [-0.15, -0.1) is 0 Å². The predicted molar refractivity (Wildman–Crippen MR) is 120 cm³/mol. The van der Waals surface area contributed by atoms with E-state index in [2.05, 4.69) is 52.8 Å². The highest BCUT2D eigenvalue weighted by atomic mass is 16.6. The average molecular weight is 402 g/mol. The first-order chi connectivity index (χ1) is 14.6. The van der Waals surface area contributed by atoms with E-state index in [1.807, 2.05) is 30.3 Å². The summed E-state index contributed by atoms with van der Waals surface area (Å²) < 4.78 is 0. The summed E-state index contributed by atoms with van der Waals surface area (Å²) >= 11 is 0. The third kappa shape index (κ3) is 5.61. The first kappa shape index (κ1) is 20.9. The predicted octanol–water partition coefficient (Wildman–Crippen LogP) is 3.40. The molecule has 0 saturated heterocycles. The Bertz CT molecular complexity index is 1030. The number of hydrogen-bond donors (Lipinski definition) is 2. The molecule has 154 valence electrons. The minimum atomic E-state index is 0.368. The Morgan fingerprint density at radius 3 is 1.63 bits per heavy atom. The minimum Gasteiger partial charge on any atom is -0.397 e. The van der Waals surface area contributed by atoms with Crippen LogP contribution >= 0.6 is 0 Å². The van der Waals surface area contributed by atoms with Gasteiger partial charge in [0.1, 0.15) is 14.2 Å². The smallest absolute Gasteiger partial charge is 0.170 e. The molecule has 0 fully saturated rings. The summed E-state index contributed by atoms with van der Waals surface area (Å²) in [6.45, 7) is 0. The Morgan fingerprint density at radius 1 is 0.633 bits per heavy atom. The van der Waals surface area contributed by atoms with Crippen molar-refractivity contribution in [2.75, 3.05) is 14.2 Å². The van der Waals surface area contributed by atoms with E-state index in [0.29, 0.717) is 11.7 Å². The van der Waals surface area contributed by atoms with Crippen LogP contribution in [-0.2, 0) is 22.5 Å². The molecule has 0 unspecified atom stereocenters. The van der Waals surface area contributed by atoms with Gasteiger partial charge in [-0.3, -0.25) is 0 Å². The second-order valence-corrected chi connectivity index (χ2v) is 6.89. The molecule has 30 heavy (non-hydrogen) atoms. The van der Waals surface area contributed by atoms with Crippen LogP contribution in [0.4, 0.5) is 0 Å². The zero-order valence-corrected chi connectivity index (χ0v) is 17.2. The molecular weight excluding hydrogens is 376 g/mol. The highest BCUT2D eigenvalue weighted by Gasteiger charge is 2.04. The molecule has 0 spiro atoms. The lowest BCUT2D eigenvalue weighted by Crippen LogP contribution is -2.13. The SMILES string of the molecule is CO/N=C(\N)c1cccc(Cc2ccc(Cc3ccc(/C(N)=N\OC)cc3)cc2)c1. The van der Waals surface area contributed by atoms with Crippen molar-refractivity contribution in [3.8, 4) is 0 Å². The number of nitrogens with two attached hydrogens (primary N) is 2. The molecule has 0 atom stereocenters. The van der Waals surface area contributed by atoms with Gasteiger partial charge < -0.3 is 21.1 Å². The van der Waals surface area contributed by atoms with Crippen LogP contribution in [0.15, 0.2) is 83.1 Å². The second-order valence-electron chi connectivity index (χ2n) is 6.89. The summed E-state index contributed by atoms with van der Waals surface area (Å²) in [6.07, 6.45) is 1.67. The Balaban J connectivity index is 1.65. The van der Waals surface area contributed by atoms with Crippen molar-refractivity contribution >= 4 is 11.7 Å². The molecule has 0 aliphatic carbocycles. The van der Waals surface area contributed by atoms with Crippen LogP contribution in [-0.4, -0.2) is 25.9 Å². The third-order valence-electron chi connectivity index (χ3n) is 4.69. The van der Waals surface area contributed by atoms with E-state index in [-0.39, 0.29) is 0 Å². The largest absolute Gasteiger partial charge is 0.397 e. The van der Waals surface area contributed by atoms with Crippen LogP contribution in [0.1, 0.15) is 33.4 Å². The maximum atomic E-state index is 5.91. The van der Waals surface area contributed by atoms with Gasteiger partial charge in [-0.1, -0.05) is 77.0 Å². The van der Waals surface area contributed by atoms with E-state index in [4.69, 9.17) is 21.1 Å². The van der Waals surface area contributed by atoms with Gasteiger partial charge in [0.15, 0.2) is 11.7 Å². The monoisotopic (exact) mass is 402 g/mol. The fourth-order valence-corrected chi connectivity index (χ4v) is 3.18. The average Bonchev–Trinajstić information content (AvgIpc) is 2.76. The summed E-state index contributed by atoms with van der Waals surface area (Å²) in [7, 11) is 2.96. The number of nitrogens with zero attached hydrogens (tertiary/aromatic N) is 2. The first-order valence-electron chi connectivity index (χ1n) is 9.58. The number of amidine groups is 2. The van der Waals surface area contributed by atoms with Crippen LogP contribution in [0.2, 0.25) is 0 Å². The summed E-state index contributed by atoms with van der Waals surface area (Å²) in [6, 6.07) is 24.7. The lowest BCUT2D eigenvalue weighted by atomic mass is 9.99. The molecule has 0 bridgehead atoms. The molecule has 6 nitrogen and oxygen atoms in total. The van der Waals surface area contributed by atoms with Crippen LogP contribution in [0.3, 0.4) is 0 Å². The first-order valence-corrected chi connectivity index (χ1v) is 9.58. The fraction of sp³-hybridized carbons (Fsp3) is 0.167. The molecule has 0 heterocycles. The topological polar surface area (TPSA) is 95.2 Å². The normalized spacial score (nSPS) is 11.9. The van der Waals surface area contributed by atoms with E-state index in [1.165, 1.54) is 36.5 Å². The zero-order valence-electron chi connectivity index (χ0n) is 17.2. The maximum absolute atomic E-state index is 5.91. The van der Waals surface area contributed by atoms with Gasteiger partial charge in [-0.2, -0.15) is 0 Å². The van der Waals surface area contributed by atoms with Crippen molar-refractivity contribution in [2.24, 2.45) is 21.8 Å². The van der Waals surface area contributed by atoms with Crippen molar-refractivity contribution in [3.05, 3.63) is 106 Å². The highest BCUT2D eigenvalue weighted by molar-refractivity contribution is 5.97. The molecule has 4 N–H and O–H groups in total. The van der Waals surface area contributed by atoms with Crippen LogP contribution < -0.4 is 11.5 Å². The van der Waals surface area contributed by atoms with Crippen LogP contribution in [0, 0.1) is 0 Å². The van der Waals surface area contributed by atoms with E-state index in [1.54, 1.807) is 0 Å². The molecule has 3 aromatic carbocycles. The van der Waals surface area contributed by atoms with Crippen molar-refractivity contribution in [3.63, 3.8) is 0 Å². The van der Waals surface area contributed by atoms with Crippen LogP contribution in [0.5, 0.6) is 0 Å². The maximum Gasteiger partial charge on any atom is 0.170 e. The van der Waals surface area contributed by atoms with E-state index in [0.717, 1.165) is 24.0 Å². The zero-order chi connectivity index (χ0) is 21.3. The molecule has 0 amide bonds. The minimum absolute atomic E-state index is 0.368. The van der Waals surface area contributed by atoms with Gasteiger partial charge in [-0.05, 0) is 41.2 Å². The van der Waals surface area contributed by atoms with Gasteiger partial charge in [0, 0.05) is 11.1 Å².